The van der Waals surface area contributed by atoms with Crippen molar-refractivity contribution in [1.82, 2.24) is 9.62 Å². The number of carbonyl (C=O) groups excluding carboxylic acids is 1. The number of rotatable bonds is 5. The van der Waals surface area contributed by atoms with E-state index in [4.69, 9.17) is 5.11 Å². The van der Waals surface area contributed by atoms with E-state index < -0.39 is 21.9 Å². The Morgan fingerprint density at radius 2 is 1.96 bits per heavy atom. The maximum absolute atomic E-state index is 12.4. The summed E-state index contributed by atoms with van der Waals surface area (Å²) >= 11 is 0. The molecule has 1 saturated heterocycles. The predicted octanol–water partition coefficient (Wildman–Crippen LogP) is 0.922. The summed E-state index contributed by atoms with van der Waals surface area (Å²) in [6.07, 6.45) is 1.22. The number of carboxylic acid groups (broad SMARTS) is 1. The SMILES string of the molecule is CCNS(=O)(=O)c1ccc(C(=O)N2CCC[C@H](C(=O)O)C2)cc1. The first kappa shape index (κ1) is 17.4. The van der Waals surface area contributed by atoms with E-state index in [2.05, 4.69) is 4.72 Å². The average molecular weight is 340 g/mol. The number of benzene rings is 1. The summed E-state index contributed by atoms with van der Waals surface area (Å²) in [5.74, 6) is -1.71. The minimum atomic E-state index is -3.55. The Labute approximate surface area is 135 Å². The molecule has 0 aliphatic carbocycles. The number of carboxylic acids is 1. The molecule has 0 aromatic heterocycles. The zero-order valence-electron chi connectivity index (χ0n) is 12.9. The van der Waals surface area contributed by atoms with E-state index in [1.807, 2.05) is 0 Å². The monoisotopic (exact) mass is 340 g/mol. The standard InChI is InChI=1S/C15H20N2O5S/c1-2-16-23(21,22)13-7-5-11(6-8-13)14(18)17-9-3-4-12(10-17)15(19)20/h5-8,12,16H,2-4,9-10H2,1H3,(H,19,20)/t12-/m0/s1. The van der Waals surface area contributed by atoms with Crippen molar-refractivity contribution in [3.63, 3.8) is 0 Å². The highest BCUT2D eigenvalue weighted by Gasteiger charge is 2.28. The van der Waals surface area contributed by atoms with Gasteiger partial charge in [-0.15, -0.1) is 0 Å². The van der Waals surface area contributed by atoms with Gasteiger partial charge < -0.3 is 10.0 Å². The van der Waals surface area contributed by atoms with E-state index >= 15 is 0 Å². The fourth-order valence-corrected chi connectivity index (χ4v) is 3.64. The summed E-state index contributed by atoms with van der Waals surface area (Å²) < 4.78 is 26.1. The largest absolute Gasteiger partial charge is 0.481 e. The molecule has 2 N–H and O–H groups in total. The van der Waals surface area contributed by atoms with Crippen molar-refractivity contribution in [2.24, 2.45) is 5.92 Å². The van der Waals surface area contributed by atoms with Gasteiger partial charge in [-0.3, -0.25) is 9.59 Å². The number of sulfonamides is 1. The van der Waals surface area contributed by atoms with Crippen LogP contribution < -0.4 is 4.72 Å². The molecule has 23 heavy (non-hydrogen) atoms. The maximum atomic E-state index is 12.4. The van der Waals surface area contributed by atoms with Gasteiger partial charge in [0, 0.05) is 25.2 Å². The Morgan fingerprint density at radius 1 is 1.30 bits per heavy atom. The van der Waals surface area contributed by atoms with Crippen molar-refractivity contribution < 1.29 is 23.1 Å². The van der Waals surface area contributed by atoms with E-state index in [-0.39, 0.29) is 23.9 Å². The molecule has 1 aliphatic heterocycles. The van der Waals surface area contributed by atoms with Crippen LogP contribution in [0.3, 0.4) is 0 Å². The van der Waals surface area contributed by atoms with Crippen molar-refractivity contribution in [3.05, 3.63) is 29.8 Å². The zero-order chi connectivity index (χ0) is 17.0. The number of nitrogens with one attached hydrogen (secondary N) is 1. The second-order valence-corrected chi connectivity index (χ2v) is 7.22. The Kier molecular flexibility index (Phi) is 5.38. The van der Waals surface area contributed by atoms with Gasteiger partial charge in [-0.2, -0.15) is 0 Å². The highest BCUT2D eigenvalue weighted by molar-refractivity contribution is 7.89. The molecule has 1 heterocycles. The first-order valence-corrected chi connectivity index (χ1v) is 8.95. The van der Waals surface area contributed by atoms with Gasteiger partial charge in [-0.05, 0) is 37.1 Å². The lowest BCUT2D eigenvalue weighted by molar-refractivity contribution is -0.143. The molecule has 1 aromatic rings. The Morgan fingerprint density at radius 3 is 2.52 bits per heavy atom. The van der Waals surface area contributed by atoms with Gasteiger partial charge in [0.2, 0.25) is 10.0 Å². The molecule has 1 aromatic carbocycles. The van der Waals surface area contributed by atoms with Gasteiger partial charge >= 0.3 is 5.97 Å². The summed E-state index contributed by atoms with van der Waals surface area (Å²) in [6, 6.07) is 5.67. The summed E-state index contributed by atoms with van der Waals surface area (Å²) in [5, 5.41) is 9.07. The predicted molar refractivity (Wildman–Crippen MR) is 83.6 cm³/mol. The Bertz CT molecular complexity index is 684. The fraction of sp³-hybridized carbons (Fsp3) is 0.467. The van der Waals surface area contributed by atoms with Crippen molar-refractivity contribution in [3.8, 4) is 0 Å². The molecule has 1 aliphatic rings. The highest BCUT2D eigenvalue weighted by Crippen LogP contribution is 2.19. The molecular weight excluding hydrogens is 320 g/mol. The van der Waals surface area contributed by atoms with Crippen LogP contribution in [-0.4, -0.2) is 49.9 Å². The normalized spacial score (nSPS) is 18.7. The Balaban J connectivity index is 2.13. The molecule has 8 heteroatoms. The van der Waals surface area contributed by atoms with Crippen LogP contribution in [0, 0.1) is 5.92 Å². The number of hydrogen-bond donors (Lipinski definition) is 2. The summed E-state index contributed by atoms with van der Waals surface area (Å²) in [4.78, 5) is 25.1. The van der Waals surface area contributed by atoms with Crippen LogP contribution in [0.15, 0.2) is 29.2 Å². The highest BCUT2D eigenvalue weighted by atomic mass is 32.2. The molecule has 0 radical (unpaired) electrons. The maximum Gasteiger partial charge on any atom is 0.308 e. The minimum absolute atomic E-state index is 0.0953. The van der Waals surface area contributed by atoms with Crippen LogP contribution in [0.2, 0.25) is 0 Å². The van der Waals surface area contributed by atoms with Crippen molar-refractivity contribution in [2.75, 3.05) is 19.6 Å². The third-order valence-corrected chi connectivity index (χ3v) is 5.37. The zero-order valence-corrected chi connectivity index (χ0v) is 13.7. The first-order chi connectivity index (χ1) is 10.8. The molecule has 0 saturated carbocycles. The number of amides is 1. The number of piperidine rings is 1. The number of nitrogens with zero attached hydrogens (tertiary/aromatic N) is 1. The number of carbonyl (C=O) groups is 2. The van der Waals surface area contributed by atoms with Gasteiger partial charge in [-0.1, -0.05) is 6.92 Å². The number of hydrogen-bond acceptors (Lipinski definition) is 4. The van der Waals surface area contributed by atoms with E-state index in [9.17, 15) is 18.0 Å². The van der Waals surface area contributed by atoms with Crippen LogP contribution >= 0.6 is 0 Å². The molecule has 1 amide bonds. The minimum Gasteiger partial charge on any atom is -0.481 e. The van der Waals surface area contributed by atoms with Crippen LogP contribution in [0.25, 0.3) is 0 Å². The third kappa shape index (κ3) is 4.08. The molecule has 1 atom stereocenters. The van der Waals surface area contributed by atoms with Crippen LogP contribution in [0.5, 0.6) is 0 Å². The lowest BCUT2D eigenvalue weighted by Crippen LogP contribution is -2.42. The fourth-order valence-electron chi connectivity index (χ4n) is 2.60. The third-order valence-electron chi connectivity index (χ3n) is 3.80. The smallest absolute Gasteiger partial charge is 0.308 e. The second-order valence-electron chi connectivity index (χ2n) is 5.45. The van der Waals surface area contributed by atoms with Gasteiger partial charge in [0.1, 0.15) is 0 Å². The number of likely N-dealkylation sites (tertiary alicyclic amines) is 1. The Hall–Kier alpha value is -1.93. The lowest BCUT2D eigenvalue weighted by atomic mass is 9.97. The molecule has 0 spiro atoms. The summed E-state index contributed by atoms with van der Waals surface area (Å²) in [5.41, 5.74) is 0.353. The molecule has 1 fully saturated rings. The van der Waals surface area contributed by atoms with E-state index in [1.165, 1.54) is 29.2 Å². The average Bonchev–Trinajstić information content (AvgIpc) is 2.54. The van der Waals surface area contributed by atoms with Gasteiger partial charge in [0.15, 0.2) is 0 Å². The van der Waals surface area contributed by atoms with Crippen LogP contribution in [-0.2, 0) is 14.8 Å². The molecule has 126 valence electrons. The lowest BCUT2D eigenvalue weighted by Gasteiger charge is -2.30. The number of aliphatic carboxylic acids is 1. The van der Waals surface area contributed by atoms with Crippen molar-refractivity contribution in [2.45, 2.75) is 24.7 Å². The van der Waals surface area contributed by atoms with Crippen LogP contribution in [0.4, 0.5) is 0 Å². The van der Waals surface area contributed by atoms with E-state index in [0.29, 0.717) is 24.9 Å². The quantitative estimate of drug-likeness (QED) is 0.829. The summed E-state index contributed by atoms with van der Waals surface area (Å²) in [6.45, 7) is 2.67. The second kappa shape index (κ2) is 7.10. The van der Waals surface area contributed by atoms with Crippen molar-refractivity contribution in [1.29, 1.82) is 0 Å². The molecular formula is C15H20N2O5S. The van der Waals surface area contributed by atoms with E-state index in [1.54, 1.807) is 6.92 Å². The van der Waals surface area contributed by atoms with Gasteiger partial charge in [0.05, 0.1) is 10.8 Å². The van der Waals surface area contributed by atoms with E-state index in [0.717, 1.165) is 0 Å². The first-order valence-electron chi connectivity index (χ1n) is 7.47. The topological polar surface area (TPSA) is 104 Å². The van der Waals surface area contributed by atoms with Gasteiger partial charge in [-0.25, -0.2) is 13.1 Å². The van der Waals surface area contributed by atoms with Crippen LogP contribution in [0.1, 0.15) is 30.1 Å². The molecule has 0 bridgehead atoms. The molecule has 2 rings (SSSR count). The van der Waals surface area contributed by atoms with Crippen molar-refractivity contribution >= 4 is 21.9 Å². The summed E-state index contributed by atoms with van der Waals surface area (Å²) in [7, 11) is -3.55. The molecule has 7 nitrogen and oxygen atoms in total. The van der Waals surface area contributed by atoms with Gasteiger partial charge in [0.25, 0.3) is 5.91 Å². The molecule has 0 unspecified atom stereocenters.